The Hall–Kier alpha value is -1.21. The average Bonchev–Trinajstić information content (AvgIpc) is 2.72. The molecule has 0 aromatic carbocycles. The molecule has 94 valence electrons. The molecule has 0 aliphatic rings. The Morgan fingerprint density at radius 2 is 2.29 bits per heavy atom. The van der Waals surface area contributed by atoms with Gasteiger partial charge < -0.3 is 10.4 Å². The molecular formula is C10H14N2O3S2. The fraction of sp³-hybridized carbons (Fsp3) is 0.400. The summed E-state index contributed by atoms with van der Waals surface area (Å²) in [6, 6.07) is 1.10. The van der Waals surface area contributed by atoms with Crippen LogP contribution in [0.3, 0.4) is 0 Å². The molecule has 1 aromatic heterocycles. The van der Waals surface area contributed by atoms with Gasteiger partial charge in [-0.2, -0.15) is 11.8 Å². The van der Waals surface area contributed by atoms with E-state index in [1.165, 1.54) is 17.4 Å². The minimum atomic E-state index is -1.04. The third-order valence-corrected chi connectivity index (χ3v) is 3.46. The molecule has 0 fully saturated rings. The number of thioether (sulfide) groups is 1. The van der Waals surface area contributed by atoms with E-state index in [1.807, 2.05) is 6.26 Å². The molecule has 1 heterocycles. The van der Waals surface area contributed by atoms with Crippen molar-refractivity contribution in [3.8, 4) is 0 Å². The van der Waals surface area contributed by atoms with Gasteiger partial charge in [0.25, 0.3) is 0 Å². The number of hydrogen-bond donors (Lipinski definition) is 3. The number of rotatable bonds is 6. The first-order chi connectivity index (χ1) is 8.15. The molecule has 0 aliphatic heterocycles. The molecule has 5 nitrogen and oxygen atoms in total. The summed E-state index contributed by atoms with van der Waals surface area (Å²) in [5.41, 5.74) is 0.120. The number of amides is 2. The highest BCUT2D eigenvalue weighted by molar-refractivity contribution is 7.98. The first-order valence-corrected chi connectivity index (χ1v) is 7.27. The maximum atomic E-state index is 11.4. The van der Waals surface area contributed by atoms with Crippen molar-refractivity contribution in [3.05, 3.63) is 17.0 Å². The number of carboxylic acids is 1. The molecule has 3 N–H and O–H groups in total. The van der Waals surface area contributed by atoms with Crippen molar-refractivity contribution >= 4 is 40.1 Å². The third kappa shape index (κ3) is 4.66. The second-order valence-corrected chi connectivity index (χ2v) is 5.10. The topological polar surface area (TPSA) is 78.4 Å². The van der Waals surface area contributed by atoms with E-state index in [1.54, 1.807) is 17.1 Å². The zero-order valence-corrected chi connectivity index (χ0v) is 11.0. The molecule has 0 spiro atoms. The van der Waals surface area contributed by atoms with E-state index in [9.17, 15) is 9.59 Å². The molecular weight excluding hydrogens is 260 g/mol. The lowest BCUT2D eigenvalue weighted by Gasteiger charge is -2.06. The number of hydrogen-bond acceptors (Lipinski definition) is 4. The number of anilines is 1. The van der Waals surface area contributed by atoms with Crippen LogP contribution in [0.2, 0.25) is 0 Å². The molecule has 0 unspecified atom stereocenters. The summed E-state index contributed by atoms with van der Waals surface area (Å²) in [7, 11) is 0. The molecule has 2 amide bonds. The monoisotopic (exact) mass is 274 g/mol. The number of carboxylic acid groups (broad SMARTS) is 1. The van der Waals surface area contributed by atoms with Crippen LogP contribution in [0, 0.1) is 0 Å². The molecule has 17 heavy (non-hydrogen) atoms. The molecule has 1 rings (SSSR count). The van der Waals surface area contributed by atoms with Gasteiger partial charge in [0, 0.05) is 6.54 Å². The van der Waals surface area contributed by atoms with Crippen molar-refractivity contribution in [3.63, 3.8) is 0 Å². The van der Waals surface area contributed by atoms with Crippen LogP contribution in [0.15, 0.2) is 11.4 Å². The largest absolute Gasteiger partial charge is 0.478 e. The number of aromatic carboxylic acids is 1. The van der Waals surface area contributed by atoms with Crippen LogP contribution in [0.1, 0.15) is 16.8 Å². The van der Waals surface area contributed by atoms with E-state index in [0.717, 1.165) is 12.2 Å². The minimum Gasteiger partial charge on any atom is -0.478 e. The van der Waals surface area contributed by atoms with Gasteiger partial charge in [-0.3, -0.25) is 5.32 Å². The zero-order chi connectivity index (χ0) is 12.7. The highest BCUT2D eigenvalue weighted by Crippen LogP contribution is 2.22. The van der Waals surface area contributed by atoms with Crippen LogP contribution < -0.4 is 10.6 Å². The van der Waals surface area contributed by atoms with Crippen molar-refractivity contribution < 1.29 is 14.7 Å². The summed E-state index contributed by atoms with van der Waals surface area (Å²) in [5, 5.41) is 16.0. The van der Waals surface area contributed by atoms with Crippen LogP contribution in [0.25, 0.3) is 0 Å². The maximum absolute atomic E-state index is 11.4. The highest BCUT2D eigenvalue weighted by atomic mass is 32.2. The predicted octanol–water partition coefficient (Wildman–Crippen LogP) is 2.32. The Balaban J connectivity index is 2.40. The van der Waals surface area contributed by atoms with Gasteiger partial charge >= 0.3 is 12.0 Å². The van der Waals surface area contributed by atoms with Crippen molar-refractivity contribution in [2.75, 3.05) is 23.9 Å². The van der Waals surface area contributed by atoms with Crippen LogP contribution >= 0.6 is 23.1 Å². The molecule has 0 bridgehead atoms. The predicted molar refractivity (Wildman–Crippen MR) is 71.3 cm³/mol. The molecule has 0 radical (unpaired) electrons. The number of urea groups is 1. The third-order valence-electron chi connectivity index (χ3n) is 1.93. The fourth-order valence-electron chi connectivity index (χ4n) is 1.14. The highest BCUT2D eigenvalue weighted by Gasteiger charge is 2.13. The maximum Gasteiger partial charge on any atom is 0.338 e. The van der Waals surface area contributed by atoms with Gasteiger partial charge in [0.1, 0.15) is 5.00 Å². The first-order valence-electron chi connectivity index (χ1n) is 4.99. The minimum absolute atomic E-state index is 0.120. The van der Waals surface area contributed by atoms with Crippen LogP contribution in [0.4, 0.5) is 9.80 Å². The summed E-state index contributed by atoms with van der Waals surface area (Å²) in [6.45, 7) is 0.584. The van der Waals surface area contributed by atoms with E-state index in [4.69, 9.17) is 5.11 Å². The zero-order valence-electron chi connectivity index (χ0n) is 9.36. The summed E-state index contributed by atoms with van der Waals surface area (Å²) in [4.78, 5) is 22.2. The number of carbonyl (C=O) groups is 2. The molecule has 0 aliphatic carbocycles. The van der Waals surface area contributed by atoms with Crippen molar-refractivity contribution in [2.45, 2.75) is 6.42 Å². The number of thiophene rings is 1. The van der Waals surface area contributed by atoms with Crippen LogP contribution in [-0.2, 0) is 0 Å². The standard InChI is InChI=1S/C10H14N2O3S2/c1-16-5-2-4-11-10(15)12-8-7(9(13)14)3-6-17-8/h3,6H,2,4-5H2,1H3,(H,13,14)(H2,11,12,15). The quantitative estimate of drug-likeness (QED) is 0.696. The first kappa shape index (κ1) is 13.9. The lowest BCUT2D eigenvalue weighted by molar-refractivity contribution is 0.0698. The van der Waals surface area contributed by atoms with Crippen molar-refractivity contribution in [1.29, 1.82) is 0 Å². The second-order valence-electron chi connectivity index (χ2n) is 3.20. The van der Waals surface area contributed by atoms with Crippen LogP contribution in [-0.4, -0.2) is 35.7 Å². The average molecular weight is 274 g/mol. The van der Waals surface area contributed by atoms with Gasteiger partial charge in [0.2, 0.25) is 0 Å². The Labute approximate surface area is 108 Å². The summed E-state index contributed by atoms with van der Waals surface area (Å²) in [5.74, 6) is -0.0523. The van der Waals surface area contributed by atoms with Gasteiger partial charge in [-0.15, -0.1) is 11.3 Å². The van der Waals surface area contributed by atoms with Crippen molar-refractivity contribution in [2.24, 2.45) is 0 Å². The van der Waals surface area contributed by atoms with E-state index in [-0.39, 0.29) is 11.6 Å². The van der Waals surface area contributed by atoms with Gasteiger partial charge in [0.05, 0.1) is 5.56 Å². The second kappa shape index (κ2) is 7.18. The van der Waals surface area contributed by atoms with Crippen LogP contribution in [0.5, 0.6) is 0 Å². The molecule has 7 heteroatoms. The smallest absolute Gasteiger partial charge is 0.338 e. The van der Waals surface area contributed by atoms with Gasteiger partial charge in [-0.25, -0.2) is 9.59 Å². The SMILES string of the molecule is CSCCCNC(=O)Nc1sccc1C(=O)O. The Morgan fingerprint density at radius 3 is 2.94 bits per heavy atom. The number of carbonyl (C=O) groups excluding carboxylic acids is 1. The molecule has 0 saturated heterocycles. The normalized spacial score (nSPS) is 9.94. The van der Waals surface area contributed by atoms with E-state index >= 15 is 0 Å². The van der Waals surface area contributed by atoms with E-state index in [0.29, 0.717) is 11.5 Å². The number of nitrogens with one attached hydrogen (secondary N) is 2. The summed E-state index contributed by atoms with van der Waals surface area (Å²) < 4.78 is 0. The van der Waals surface area contributed by atoms with Gasteiger partial charge in [-0.05, 0) is 29.9 Å². The molecule has 1 aromatic rings. The summed E-state index contributed by atoms with van der Waals surface area (Å²) in [6.07, 6.45) is 2.90. The Kier molecular flexibility index (Phi) is 5.85. The van der Waals surface area contributed by atoms with E-state index < -0.39 is 5.97 Å². The van der Waals surface area contributed by atoms with Crippen molar-refractivity contribution in [1.82, 2.24) is 5.32 Å². The Morgan fingerprint density at radius 1 is 1.53 bits per heavy atom. The lowest BCUT2D eigenvalue weighted by Crippen LogP contribution is -2.29. The van der Waals surface area contributed by atoms with E-state index in [2.05, 4.69) is 10.6 Å². The lowest BCUT2D eigenvalue weighted by atomic mass is 10.3. The fourth-order valence-corrected chi connectivity index (χ4v) is 2.35. The molecule has 0 saturated carbocycles. The van der Waals surface area contributed by atoms with Gasteiger partial charge in [0.15, 0.2) is 0 Å². The van der Waals surface area contributed by atoms with Gasteiger partial charge in [-0.1, -0.05) is 0 Å². The molecule has 0 atom stereocenters. The summed E-state index contributed by atoms with van der Waals surface area (Å²) >= 11 is 2.91. The Bertz CT molecular complexity index is 393.